The van der Waals surface area contributed by atoms with Gasteiger partial charge < -0.3 is 9.47 Å². The van der Waals surface area contributed by atoms with Gasteiger partial charge in [0.1, 0.15) is 0 Å². The number of hydrogen-bond acceptors (Lipinski definition) is 2. The lowest BCUT2D eigenvalue weighted by atomic mass is 9.67. The number of benzene rings is 1. The Labute approximate surface area is 199 Å². The number of rotatable bonds is 3. The van der Waals surface area contributed by atoms with Gasteiger partial charge in [0.2, 0.25) is 5.91 Å². The van der Waals surface area contributed by atoms with Gasteiger partial charge in [-0.1, -0.05) is 28.1 Å². The van der Waals surface area contributed by atoms with Gasteiger partial charge in [-0.3, -0.25) is 9.69 Å². The molecule has 4 saturated heterocycles. The summed E-state index contributed by atoms with van der Waals surface area (Å²) in [5.74, 6) is 1.67. The van der Waals surface area contributed by atoms with E-state index in [1.165, 1.54) is 44.3 Å². The summed E-state index contributed by atoms with van der Waals surface area (Å²) in [6.07, 6.45) is 11.5. The van der Waals surface area contributed by atoms with Gasteiger partial charge in [0.05, 0.1) is 0 Å². The van der Waals surface area contributed by atoms with Crippen LogP contribution in [0.5, 0.6) is 0 Å². The van der Waals surface area contributed by atoms with Crippen LogP contribution in [0.3, 0.4) is 0 Å². The number of nitrogens with zero attached hydrogens (tertiary/aromatic N) is 3. The molecule has 5 heteroatoms. The molecule has 0 bridgehead atoms. The minimum absolute atomic E-state index is 0.304. The largest absolute Gasteiger partial charge is 0.344 e. The van der Waals surface area contributed by atoms with Gasteiger partial charge in [-0.05, 0) is 99.4 Å². The minimum Gasteiger partial charge on any atom is -0.344 e. The Morgan fingerprint density at radius 3 is 2.69 bits per heavy atom. The SMILES string of the molecule is O=C1/C(=C/c2cccn2Cc2ccc(Br)cc2)CC[C@@H]2[C@H]3CCCN4CCC[C@H](CN12)[C@@H]34. The van der Waals surface area contributed by atoms with Crippen LogP contribution >= 0.6 is 15.9 Å². The Bertz CT molecular complexity index is 1020. The fourth-order valence-electron chi connectivity index (χ4n) is 6.99. The van der Waals surface area contributed by atoms with Crippen LogP contribution in [-0.4, -0.2) is 52.0 Å². The maximum Gasteiger partial charge on any atom is 0.250 e. The molecule has 4 aliphatic heterocycles. The van der Waals surface area contributed by atoms with Crippen molar-refractivity contribution in [3.63, 3.8) is 0 Å². The van der Waals surface area contributed by atoms with Gasteiger partial charge in [-0.25, -0.2) is 0 Å². The molecule has 4 atom stereocenters. The zero-order valence-corrected chi connectivity index (χ0v) is 20.2. The second-order valence-corrected chi connectivity index (χ2v) is 11.1. The number of carbonyl (C=O) groups excluding carboxylic acids is 1. The lowest BCUT2D eigenvalue weighted by Crippen LogP contribution is -2.66. The molecule has 0 radical (unpaired) electrons. The average molecular weight is 494 g/mol. The predicted molar refractivity (Wildman–Crippen MR) is 131 cm³/mol. The van der Waals surface area contributed by atoms with E-state index in [-0.39, 0.29) is 0 Å². The molecule has 6 rings (SSSR count). The predicted octanol–water partition coefficient (Wildman–Crippen LogP) is 5.18. The van der Waals surface area contributed by atoms with Crippen LogP contribution in [0.1, 0.15) is 49.8 Å². The third-order valence-corrected chi connectivity index (χ3v) is 8.90. The zero-order valence-electron chi connectivity index (χ0n) is 18.6. The molecule has 0 spiro atoms. The molecule has 5 heterocycles. The Morgan fingerprint density at radius 2 is 1.84 bits per heavy atom. The molecule has 0 N–H and O–H groups in total. The average Bonchev–Trinajstić information content (AvgIpc) is 3.24. The molecule has 4 nitrogen and oxygen atoms in total. The number of piperidine rings is 4. The third kappa shape index (κ3) is 3.67. The Morgan fingerprint density at radius 1 is 1.03 bits per heavy atom. The van der Waals surface area contributed by atoms with Crippen molar-refractivity contribution in [1.29, 1.82) is 0 Å². The Hall–Kier alpha value is -1.85. The monoisotopic (exact) mass is 493 g/mol. The van der Waals surface area contributed by atoms with Crippen molar-refractivity contribution >= 4 is 27.9 Å². The minimum atomic E-state index is 0.304. The van der Waals surface area contributed by atoms with Crippen LogP contribution in [0, 0.1) is 11.8 Å². The Kier molecular flexibility index (Phi) is 5.50. The molecular formula is C27H32BrN3O. The normalized spacial score (nSPS) is 31.5. The van der Waals surface area contributed by atoms with E-state index in [1.54, 1.807) is 0 Å². The van der Waals surface area contributed by atoms with Crippen molar-refractivity contribution in [1.82, 2.24) is 14.4 Å². The fraction of sp³-hybridized carbons (Fsp3) is 0.519. The number of halogens is 1. The van der Waals surface area contributed by atoms with E-state index in [1.807, 2.05) is 0 Å². The van der Waals surface area contributed by atoms with E-state index in [4.69, 9.17) is 0 Å². The topological polar surface area (TPSA) is 28.5 Å². The molecule has 0 unspecified atom stereocenters. The number of hydrogen-bond donors (Lipinski definition) is 0. The second-order valence-electron chi connectivity index (χ2n) is 10.2. The summed E-state index contributed by atoms with van der Waals surface area (Å²) in [6.45, 7) is 4.34. The third-order valence-electron chi connectivity index (χ3n) is 8.37. The van der Waals surface area contributed by atoms with E-state index in [2.05, 4.69) is 79.0 Å². The van der Waals surface area contributed by atoms with Crippen LogP contribution in [0.25, 0.3) is 6.08 Å². The highest BCUT2D eigenvalue weighted by atomic mass is 79.9. The highest BCUT2D eigenvalue weighted by Crippen LogP contribution is 2.45. The summed E-state index contributed by atoms with van der Waals surface area (Å²) in [5.41, 5.74) is 3.39. The summed E-state index contributed by atoms with van der Waals surface area (Å²) >= 11 is 3.51. The maximum atomic E-state index is 13.7. The summed E-state index contributed by atoms with van der Waals surface area (Å²) in [5, 5.41) is 0. The summed E-state index contributed by atoms with van der Waals surface area (Å²) in [7, 11) is 0. The Balaban J connectivity index is 1.23. The highest BCUT2D eigenvalue weighted by molar-refractivity contribution is 9.10. The number of carbonyl (C=O) groups is 1. The number of aromatic nitrogens is 1. The molecule has 0 aliphatic carbocycles. The van der Waals surface area contributed by atoms with Gasteiger partial charge >= 0.3 is 0 Å². The van der Waals surface area contributed by atoms with Crippen LogP contribution in [0.4, 0.5) is 0 Å². The molecule has 32 heavy (non-hydrogen) atoms. The van der Waals surface area contributed by atoms with Gasteiger partial charge in [-0.15, -0.1) is 0 Å². The molecule has 1 aromatic carbocycles. The number of fused-ring (bicyclic) bond motifs is 2. The van der Waals surface area contributed by atoms with E-state index in [9.17, 15) is 4.79 Å². The van der Waals surface area contributed by atoms with Crippen molar-refractivity contribution in [3.05, 3.63) is 63.9 Å². The first-order valence-corrected chi connectivity index (χ1v) is 13.1. The standard InChI is InChI=1S/C27H32BrN3O/c28-22-10-7-19(8-11-22)17-30-15-2-5-23(30)16-20-9-12-25-24-6-3-14-29-13-1-4-21(26(24)29)18-31(25)27(20)32/h2,5,7-8,10-11,15-16,21,24-26H,1,3-4,6,9,12-14,17-18H2/b20-16+/t21-,24-,25-,26+/m1/s1. The van der Waals surface area contributed by atoms with Crippen molar-refractivity contribution in [3.8, 4) is 0 Å². The van der Waals surface area contributed by atoms with Crippen molar-refractivity contribution in [2.24, 2.45) is 11.8 Å². The quantitative estimate of drug-likeness (QED) is 0.551. The first kappa shape index (κ1) is 20.7. The molecular weight excluding hydrogens is 462 g/mol. The van der Waals surface area contributed by atoms with Crippen molar-refractivity contribution in [2.45, 2.75) is 57.2 Å². The summed E-state index contributed by atoms with van der Waals surface area (Å²) in [4.78, 5) is 18.7. The number of amides is 1. The smallest absolute Gasteiger partial charge is 0.250 e. The zero-order chi connectivity index (χ0) is 21.7. The van der Waals surface area contributed by atoms with Crippen molar-refractivity contribution in [2.75, 3.05) is 19.6 Å². The van der Waals surface area contributed by atoms with Crippen LogP contribution in [0.2, 0.25) is 0 Å². The van der Waals surface area contributed by atoms with E-state index >= 15 is 0 Å². The van der Waals surface area contributed by atoms with Crippen LogP contribution < -0.4 is 0 Å². The fourth-order valence-corrected chi connectivity index (χ4v) is 7.26. The van der Waals surface area contributed by atoms with Gasteiger partial charge in [0, 0.05) is 47.1 Å². The molecule has 1 amide bonds. The second kappa shape index (κ2) is 8.49. The molecule has 4 fully saturated rings. The molecule has 2 aromatic rings. The molecule has 4 aliphatic rings. The summed E-state index contributed by atoms with van der Waals surface area (Å²) < 4.78 is 3.35. The van der Waals surface area contributed by atoms with Gasteiger partial charge in [-0.2, -0.15) is 0 Å². The highest BCUT2D eigenvalue weighted by Gasteiger charge is 2.51. The lowest BCUT2D eigenvalue weighted by Gasteiger charge is -2.58. The van der Waals surface area contributed by atoms with Crippen LogP contribution in [0.15, 0.2) is 52.6 Å². The van der Waals surface area contributed by atoms with E-state index < -0.39 is 0 Å². The van der Waals surface area contributed by atoms with E-state index in [0.29, 0.717) is 23.8 Å². The van der Waals surface area contributed by atoms with Gasteiger partial charge in [0.25, 0.3) is 0 Å². The summed E-state index contributed by atoms with van der Waals surface area (Å²) in [6, 6.07) is 13.9. The van der Waals surface area contributed by atoms with E-state index in [0.717, 1.165) is 47.7 Å². The maximum absolute atomic E-state index is 13.7. The molecule has 0 saturated carbocycles. The first-order valence-electron chi connectivity index (χ1n) is 12.3. The van der Waals surface area contributed by atoms with Crippen LogP contribution in [-0.2, 0) is 11.3 Å². The van der Waals surface area contributed by atoms with Crippen molar-refractivity contribution < 1.29 is 4.79 Å². The van der Waals surface area contributed by atoms with Gasteiger partial charge in [0.15, 0.2) is 0 Å². The molecule has 168 valence electrons. The molecule has 1 aromatic heterocycles. The lowest BCUT2D eigenvalue weighted by molar-refractivity contribution is -0.145. The first-order chi connectivity index (χ1) is 15.7.